The molecular formula is C25H33ClN8O2. The number of hydrogen-bond donors (Lipinski definition) is 2. The molecule has 1 saturated heterocycles. The summed E-state index contributed by atoms with van der Waals surface area (Å²) in [4.78, 5) is 24.1. The van der Waals surface area contributed by atoms with E-state index in [0.717, 1.165) is 67.2 Å². The molecule has 1 aliphatic carbocycles. The Bertz CT molecular complexity index is 1350. The van der Waals surface area contributed by atoms with Gasteiger partial charge < -0.3 is 14.6 Å². The van der Waals surface area contributed by atoms with Gasteiger partial charge in [0.15, 0.2) is 11.5 Å². The number of nitrogens with zero attached hydrogens (tertiary/aromatic N) is 6. The fraction of sp³-hybridized carbons (Fsp3) is 0.560. The Kier molecular flexibility index (Phi) is 7.52. The van der Waals surface area contributed by atoms with E-state index in [1.54, 1.807) is 0 Å². The number of H-pyrrole nitrogens is 2. The van der Waals surface area contributed by atoms with Gasteiger partial charge in [-0.1, -0.05) is 12.8 Å². The van der Waals surface area contributed by atoms with Crippen molar-refractivity contribution in [1.82, 2.24) is 40.1 Å². The van der Waals surface area contributed by atoms with Gasteiger partial charge in [0.05, 0.1) is 23.7 Å². The highest BCUT2D eigenvalue weighted by Gasteiger charge is 2.26. The number of benzene rings is 1. The molecule has 0 atom stereocenters. The zero-order valence-electron chi connectivity index (χ0n) is 20.4. The van der Waals surface area contributed by atoms with Gasteiger partial charge in [-0.2, -0.15) is 0 Å². The van der Waals surface area contributed by atoms with E-state index in [1.165, 1.54) is 32.2 Å². The molecule has 0 spiro atoms. The number of aromatic nitrogens is 7. The molecule has 11 heteroatoms. The van der Waals surface area contributed by atoms with E-state index < -0.39 is 0 Å². The van der Waals surface area contributed by atoms with Crippen molar-refractivity contribution in [3.63, 3.8) is 0 Å². The van der Waals surface area contributed by atoms with Gasteiger partial charge in [-0.15, -0.1) is 17.5 Å². The maximum absolute atomic E-state index is 11.5. The van der Waals surface area contributed by atoms with Crippen LogP contribution in [0.4, 0.5) is 0 Å². The third-order valence-corrected chi connectivity index (χ3v) is 7.53. The summed E-state index contributed by atoms with van der Waals surface area (Å²) in [6.45, 7) is 4.13. The molecule has 0 bridgehead atoms. The van der Waals surface area contributed by atoms with E-state index in [0.29, 0.717) is 23.8 Å². The molecule has 4 aromatic rings. The fourth-order valence-corrected chi connectivity index (χ4v) is 5.68. The highest BCUT2D eigenvalue weighted by Crippen LogP contribution is 2.29. The minimum atomic E-state index is -0.253. The van der Waals surface area contributed by atoms with Crippen LogP contribution in [0.15, 0.2) is 29.1 Å². The van der Waals surface area contributed by atoms with Crippen LogP contribution in [-0.4, -0.2) is 66.3 Å². The molecule has 0 radical (unpaired) electrons. The summed E-state index contributed by atoms with van der Waals surface area (Å²) >= 11 is 0. The molecule has 192 valence electrons. The number of aromatic amines is 2. The lowest BCUT2D eigenvalue weighted by Gasteiger charge is -2.33. The first-order valence-electron chi connectivity index (χ1n) is 12.9. The predicted octanol–water partition coefficient (Wildman–Crippen LogP) is 3.65. The Hall–Kier alpha value is -2.98. The van der Waals surface area contributed by atoms with Crippen LogP contribution in [0.3, 0.4) is 0 Å². The van der Waals surface area contributed by atoms with Crippen molar-refractivity contribution in [2.75, 3.05) is 26.2 Å². The number of aryl methyl sites for hydroxylation is 1. The van der Waals surface area contributed by atoms with E-state index in [2.05, 4.69) is 40.1 Å². The molecule has 0 unspecified atom stereocenters. The largest absolute Gasteiger partial charge is 0.494 e. The highest BCUT2D eigenvalue weighted by molar-refractivity contribution is 5.90. The SMILES string of the molecule is Cl.O=c1[nH]c2cc3cc(OCCCc4nnnn4C4CCN(CC5CCCC5)CC4)ccc3nc2[nH]1. The Morgan fingerprint density at radius 3 is 2.72 bits per heavy atom. The van der Waals surface area contributed by atoms with E-state index in [9.17, 15) is 4.79 Å². The molecule has 2 aliphatic rings. The van der Waals surface area contributed by atoms with Gasteiger partial charge in [-0.3, -0.25) is 4.98 Å². The monoisotopic (exact) mass is 512 g/mol. The number of imidazole rings is 1. The number of rotatable bonds is 8. The van der Waals surface area contributed by atoms with Gasteiger partial charge in [0.25, 0.3) is 0 Å². The number of pyridine rings is 1. The number of hydrogen-bond acceptors (Lipinski definition) is 7. The average molecular weight is 513 g/mol. The smallest absolute Gasteiger partial charge is 0.325 e. The van der Waals surface area contributed by atoms with Gasteiger partial charge in [-0.05, 0) is 72.7 Å². The lowest BCUT2D eigenvalue weighted by Crippen LogP contribution is -2.38. The standard InChI is InChI=1S/C25H32N8O2.ClH/c34-25-27-22-15-18-14-20(7-8-21(18)26-24(22)28-25)35-13-3-6-23-29-30-31-33(23)19-9-11-32(12-10-19)16-17-4-1-2-5-17;/h7-8,14-15,17,19H,1-6,9-13,16H2,(H2,26,27,28,34);1H. The summed E-state index contributed by atoms with van der Waals surface area (Å²) in [6, 6.07) is 8.08. The van der Waals surface area contributed by atoms with Crippen molar-refractivity contribution < 1.29 is 4.74 Å². The van der Waals surface area contributed by atoms with Crippen LogP contribution in [-0.2, 0) is 6.42 Å². The maximum Gasteiger partial charge on any atom is 0.325 e. The van der Waals surface area contributed by atoms with E-state index in [4.69, 9.17) is 4.74 Å². The van der Waals surface area contributed by atoms with Crippen molar-refractivity contribution in [3.8, 4) is 5.75 Å². The second kappa shape index (κ2) is 11.0. The highest BCUT2D eigenvalue weighted by atomic mass is 35.5. The molecule has 1 aromatic carbocycles. The molecule has 2 N–H and O–H groups in total. The number of piperidine rings is 1. The summed E-state index contributed by atoms with van der Waals surface area (Å²) in [5.74, 6) is 2.64. The van der Waals surface area contributed by atoms with Crippen molar-refractivity contribution in [3.05, 3.63) is 40.6 Å². The predicted molar refractivity (Wildman–Crippen MR) is 140 cm³/mol. The van der Waals surface area contributed by atoms with Crippen molar-refractivity contribution in [1.29, 1.82) is 0 Å². The number of fused-ring (bicyclic) bond motifs is 2. The summed E-state index contributed by atoms with van der Waals surface area (Å²) in [6.07, 6.45) is 9.50. The Labute approximate surface area is 215 Å². The fourth-order valence-electron chi connectivity index (χ4n) is 5.68. The molecule has 4 heterocycles. The van der Waals surface area contributed by atoms with Crippen LogP contribution in [0.1, 0.15) is 56.8 Å². The maximum atomic E-state index is 11.5. The number of ether oxygens (including phenoxy) is 1. The van der Waals surface area contributed by atoms with Crippen LogP contribution in [0.2, 0.25) is 0 Å². The number of likely N-dealkylation sites (tertiary alicyclic amines) is 1. The summed E-state index contributed by atoms with van der Waals surface area (Å²) in [7, 11) is 0. The quantitative estimate of drug-likeness (QED) is 0.346. The first kappa shape index (κ1) is 24.7. The number of tetrazole rings is 1. The van der Waals surface area contributed by atoms with Crippen LogP contribution < -0.4 is 10.4 Å². The van der Waals surface area contributed by atoms with Crippen LogP contribution >= 0.6 is 12.4 Å². The van der Waals surface area contributed by atoms with Gasteiger partial charge >= 0.3 is 5.69 Å². The van der Waals surface area contributed by atoms with Gasteiger partial charge in [-0.25, -0.2) is 14.5 Å². The summed E-state index contributed by atoms with van der Waals surface area (Å²) in [5.41, 5.74) is 1.81. The molecule has 3 aromatic heterocycles. The number of nitrogens with one attached hydrogen (secondary N) is 2. The lowest BCUT2D eigenvalue weighted by molar-refractivity contribution is 0.155. The first-order valence-corrected chi connectivity index (χ1v) is 12.9. The Morgan fingerprint density at radius 2 is 1.89 bits per heavy atom. The molecule has 1 saturated carbocycles. The molecule has 6 rings (SSSR count). The van der Waals surface area contributed by atoms with Crippen molar-refractivity contribution >= 4 is 34.5 Å². The first-order chi connectivity index (χ1) is 17.2. The summed E-state index contributed by atoms with van der Waals surface area (Å²) in [5, 5.41) is 13.5. The van der Waals surface area contributed by atoms with E-state index in [1.807, 2.05) is 24.3 Å². The minimum absolute atomic E-state index is 0. The normalized spacial score (nSPS) is 17.7. The summed E-state index contributed by atoms with van der Waals surface area (Å²) < 4.78 is 8.05. The van der Waals surface area contributed by atoms with E-state index in [-0.39, 0.29) is 18.1 Å². The molecule has 2 fully saturated rings. The van der Waals surface area contributed by atoms with Crippen LogP contribution in [0.5, 0.6) is 5.75 Å². The molecule has 36 heavy (non-hydrogen) atoms. The Balaban J connectivity index is 0.00000267. The number of halogens is 1. The van der Waals surface area contributed by atoms with Crippen LogP contribution in [0.25, 0.3) is 22.1 Å². The average Bonchev–Trinajstić information content (AvgIpc) is 3.62. The van der Waals surface area contributed by atoms with Gasteiger partial charge in [0.2, 0.25) is 0 Å². The van der Waals surface area contributed by atoms with Crippen LogP contribution in [0, 0.1) is 5.92 Å². The zero-order chi connectivity index (χ0) is 23.6. The van der Waals surface area contributed by atoms with Gasteiger partial charge in [0, 0.05) is 31.4 Å². The lowest BCUT2D eigenvalue weighted by atomic mass is 10.0. The zero-order valence-corrected chi connectivity index (χ0v) is 21.2. The van der Waals surface area contributed by atoms with Crippen molar-refractivity contribution in [2.45, 2.75) is 57.4 Å². The minimum Gasteiger partial charge on any atom is -0.494 e. The molecule has 1 aliphatic heterocycles. The van der Waals surface area contributed by atoms with Crippen molar-refractivity contribution in [2.24, 2.45) is 5.92 Å². The second-order valence-corrected chi connectivity index (χ2v) is 9.99. The Morgan fingerprint density at radius 1 is 1.06 bits per heavy atom. The van der Waals surface area contributed by atoms with Gasteiger partial charge in [0.1, 0.15) is 5.75 Å². The molecule has 10 nitrogen and oxygen atoms in total. The second-order valence-electron chi connectivity index (χ2n) is 9.99. The molecular weight excluding hydrogens is 480 g/mol. The third-order valence-electron chi connectivity index (χ3n) is 7.53. The molecule has 0 amide bonds. The third kappa shape index (κ3) is 5.39. The van der Waals surface area contributed by atoms with E-state index >= 15 is 0 Å². The topological polar surface area (TPSA) is 118 Å².